The zero-order valence-electron chi connectivity index (χ0n) is 16.6. The van der Waals surface area contributed by atoms with Crippen LogP contribution in [0.1, 0.15) is 33.6 Å². The van der Waals surface area contributed by atoms with Crippen LogP contribution in [-0.2, 0) is 0 Å². The van der Waals surface area contributed by atoms with Gasteiger partial charge in [-0.1, -0.05) is 18.2 Å². The van der Waals surface area contributed by atoms with Gasteiger partial charge in [0.1, 0.15) is 12.4 Å². The van der Waals surface area contributed by atoms with Crippen molar-refractivity contribution in [2.45, 2.75) is 39.2 Å². The second-order valence-corrected chi connectivity index (χ2v) is 7.91. The average molecular weight is 377 g/mol. The average Bonchev–Trinajstić information content (AvgIpc) is 2.63. The van der Waals surface area contributed by atoms with Crippen molar-refractivity contribution in [1.29, 1.82) is 0 Å². The largest absolute Gasteiger partial charge is 0.492 e. The van der Waals surface area contributed by atoms with Crippen LogP contribution in [-0.4, -0.2) is 55.3 Å². The summed E-state index contributed by atoms with van der Waals surface area (Å²) in [6.07, 6.45) is 1.80. The molecule has 0 saturated carbocycles. The van der Waals surface area contributed by atoms with E-state index in [0.717, 1.165) is 31.7 Å². The van der Waals surface area contributed by atoms with Crippen molar-refractivity contribution < 1.29 is 14.3 Å². The number of carbonyl (C=O) groups excluding carboxylic acids is 2. The minimum atomic E-state index is -0.224. The summed E-state index contributed by atoms with van der Waals surface area (Å²) in [4.78, 5) is 25.9. The highest BCUT2D eigenvalue weighted by molar-refractivity contribution is 5.75. The molecule has 1 saturated heterocycles. The van der Waals surface area contributed by atoms with Gasteiger partial charge in [-0.2, -0.15) is 0 Å². The van der Waals surface area contributed by atoms with Gasteiger partial charge in [0, 0.05) is 25.2 Å². The second kappa shape index (κ2) is 10.0. The number of carbonyl (C=O) groups is 2. The molecule has 0 bridgehead atoms. The van der Waals surface area contributed by atoms with Crippen molar-refractivity contribution in [2.24, 2.45) is 5.92 Å². The van der Waals surface area contributed by atoms with E-state index in [-0.39, 0.29) is 17.6 Å². The Balaban J connectivity index is 1.55. The van der Waals surface area contributed by atoms with Crippen molar-refractivity contribution in [1.82, 2.24) is 20.9 Å². The number of urea groups is 2. The number of hydrogen-bond acceptors (Lipinski definition) is 3. The molecule has 0 aliphatic carbocycles. The SMILES string of the molecule is CC(C)(C)NC(=O)N1CCC(CNC(=O)NCCOc2ccccc2)CC1. The third kappa shape index (κ3) is 8.19. The zero-order valence-corrected chi connectivity index (χ0v) is 16.6. The van der Waals surface area contributed by atoms with Gasteiger partial charge >= 0.3 is 12.1 Å². The third-order valence-electron chi connectivity index (χ3n) is 4.33. The molecule has 3 N–H and O–H groups in total. The van der Waals surface area contributed by atoms with Crippen LogP contribution in [0.2, 0.25) is 0 Å². The lowest BCUT2D eigenvalue weighted by molar-refractivity contribution is 0.162. The Morgan fingerprint density at radius 3 is 2.41 bits per heavy atom. The highest BCUT2D eigenvalue weighted by Crippen LogP contribution is 2.17. The van der Waals surface area contributed by atoms with Crippen LogP contribution in [0, 0.1) is 5.92 Å². The van der Waals surface area contributed by atoms with Crippen LogP contribution in [0.4, 0.5) is 9.59 Å². The van der Waals surface area contributed by atoms with Gasteiger partial charge in [0.2, 0.25) is 0 Å². The molecule has 1 aliphatic heterocycles. The van der Waals surface area contributed by atoms with Gasteiger partial charge < -0.3 is 25.6 Å². The first kappa shape index (κ1) is 20.9. The van der Waals surface area contributed by atoms with Gasteiger partial charge in [-0.25, -0.2) is 9.59 Å². The van der Waals surface area contributed by atoms with Crippen LogP contribution in [0.25, 0.3) is 0 Å². The Bertz CT molecular complexity index is 593. The lowest BCUT2D eigenvalue weighted by Gasteiger charge is -2.34. The maximum atomic E-state index is 12.2. The molecule has 7 heteroatoms. The Morgan fingerprint density at radius 2 is 1.78 bits per heavy atom. The van der Waals surface area contributed by atoms with E-state index >= 15 is 0 Å². The number of rotatable bonds is 6. The Kier molecular flexibility index (Phi) is 7.76. The Hall–Kier alpha value is -2.44. The molecule has 1 heterocycles. The van der Waals surface area contributed by atoms with Crippen molar-refractivity contribution >= 4 is 12.1 Å². The maximum absolute atomic E-state index is 12.2. The number of nitrogens with zero attached hydrogens (tertiary/aromatic N) is 1. The Morgan fingerprint density at radius 1 is 1.11 bits per heavy atom. The van der Waals surface area contributed by atoms with E-state index in [4.69, 9.17) is 4.74 Å². The van der Waals surface area contributed by atoms with E-state index < -0.39 is 0 Å². The maximum Gasteiger partial charge on any atom is 0.317 e. The molecular formula is C20H32N4O3. The number of piperidine rings is 1. The first-order chi connectivity index (χ1) is 12.8. The minimum Gasteiger partial charge on any atom is -0.492 e. The molecule has 1 aromatic carbocycles. The van der Waals surface area contributed by atoms with E-state index in [1.54, 1.807) is 0 Å². The number of para-hydroxylation sites is 1. The van der Waals surface area contributed by atoms with Crippen LogP contribution >= 0.6 is 0 Å². The summed E-state index contributed by atoms with van der Waals surface area (Å²) in [5, 5.41) is 8.69. The summed E-state index contributed by atoms with van der Waals surface area (Å²) in [7, 11) is 0. The van der Waals surface area contributed by atoms with Crippen molar-refractivity contribution in [3.8, 4) is 5.75 Å². The summed E-state index contributed by atoms with van der Waals surface area (Å²) in [5.74, 6) is 1.19. The quantitative estimate of drug-likeness (QED) is 0.668. The van der Waals surface area contributed by atoms with Gasteiger partial charge in [-0.3, -0.25) is 0 Å². The molecule has 0 spiro atoms. The number of benzene rings is 1. The monoisotopic (exact) mass is 376 g/mol. The molecule has 1 fully saturated rings. The van der Waals surface area contributed by atoms with Gasteiger partial charge in [0.15, 0.2) is 0 Å². The lowest BCUT2D eigenvalue weighted by atomic mass is 9.97. The predicted octanol–water partition coefficient (Wildman–Crippen LogP) is 2.58. The topological polar surface area (TPSA) is 82.7 Å². The van der Waals surface area contributed by atoms with Gasteiger partial charge in [0.05, 0.1) is 6.54 Å². The van der Waals surface area contributed by atoms with E-state index in [1.807, 2.05) is 56.0 Å². The zero-order chi connectivity index (χ0) is 19.7. The Labute approximate surface area is 161 Å². The molecule has 7 nitrogen and oxygen atoms in total. The number of likely N-dealkylation sites (tertiary alicyclic amines) is 1. The normalized spacial score (nSPS) is 15.1. The molecule has 150 valence electrons. The summed E-state index contributed by atoms with van der Waals surface area (Å²) < 4.78 is 5.53. The molecule has 27 heavy (non-hydrogen) atoms. The standard InChI is InChI=1S/C20H32N4O3/c1-20(2,3)23-19(26)24-12-9-16(10-13-24)15-22-18(25)21-11-14-27-17-7-5-4-6-8-17/h4-8,16H,9-15H2,1-3H3,(H,23,26)(H2,21,22,25). The fourth-order valence-corrected chi connectivity index (χ4v) is 2.89. The van der Waals surface area contributed by atoms with E-state index in [9.17, 15) is 9.59 Å². The number of amides is 4. The summed E-state index contributed by atoms with van der Waals surface area (Å²) in [6.45, 7) is 8.88. The smallest absolute Gasteiger partial charge is 0.317 e. The van der Waals surface area contributed by atoms with Gasteiger partial charge in [-0.05, 0) is 51.7 Å². The molecular weight excluding hydrogens is 344 g/mol. The molecule has 2 rings (SSSR count). The molecule has 4 amide bonds. The number of nitrogens with one attached hydrogen (secondary N) is 3. The fourth-order valence-electron chi connectivity index (χ4n) is 2.89. The molecule has 1 aliphatic rings. The van der Waals surface area contributed by atoms with Crippen LogP contribution in [0.15, 0.2) is 30.3 Å². The molecule has 0 aromatic heterocycles. The van der Waals surface area contributed by atoms with Crippen LogP contribution in [0.5, 0.6) is 5.75 Å². The molecule has 0 radical (unpaired) electrons. The second-order valence-electron chi connectivity index (χ2n) is 7.91. The third-order valence-corrected chi connectivity index (χ3v) is 4.33. The first-order valence-electron chi connectivity index (χ1n) is 9.60. The van der Waals surface area contributed by atoms with Crippen LogP contribution in [0.3, 0.4) is 0 Å². The molecule has 1 aromatic rings. The van der Waals surface area contributed by atoms with E-state index in [1.165, 1.54) is 0 Å². The number of ether oxygens (including phenoxy) is 1. The van der Waals surface area contributed by atoms with E-state index in [2.05, 4.69) is 16.0 Å². The first-order valence-corrected chi connectivity index (χ1v) is 9.60. The molecule has 0 unspecified atom stereocenters. The van der Waals surface area contributed by atoms with Crippen molar-refractivity contribution in [2.75, 3.05) is 32.8 Å². The van der Waals surface area contributed by atoms with Crippen molar-refractivity contribution in [3.63, 3.8) is 0 Å². The van der Waals surface area contributed by atoms with Gasteiger partial charge in [0.25, 0.3) is 0 Å². The number of hydrogen-bond donors (Lipinski definition) is 3. The highest BCUT2D eigenvalue weighted by atomic mass is 16.5. The lowest BCUT2D eigenvalue weighted by Crippen LogP contribution is -2.51. The summed E-state index contributed by atoms with van der Waals surface area (Å²) >= 11 is 0. The fraction of sp³-hybridized carbons (Fsp3) is 0.600. The molecule has 0 atom stereocenters. The summed E-state index contributed by atoms with van der Waals surface area (Å²) in [5.41, 5.74) is -0.224. The predicted molar refractivity (Wildman–Crippen MR) is 106 cm³/mol. The summed E-state index contributed by atoms with van der Waals surface area (Å²) in [6, 6.07) is 9.33. The van der Waals surface area contributed by atoms with Crippen LogP contribution < -0.4 is 20.7 Å². The van der Waals surface area contributed by atoms with E-state index in [0.29, 0.717) is 25.6 Å². The van der Waals surface area contributed by atoms with Crippen molar-refractivity contribution in [3.05, 3.63) is 30.3 Å². The highest BCUT2D eigenvalue weighted by Gasteiger charge is 2.25. The minimum absolute atomic E-state index is 0.00920. The van der Waals surface area contributed by atoms with Gasteiger partial charge in [-0.15, -0.1) is 0 Å².